The van der Waals surface area contributed by atoms with Gasteiger partial charge in [-0.2, -0.15) is 5.06 Å². The van der Waals surface area contributed by atoms with E-state index >= 15 is 0 Å². The minimum atomic E-state index is -0.736. The van der Waals surface area contributed by atoms with E-state index in [4.69, 9.17) is 4.84 Å². The van der Waals surface area contributed by atoms with Gasteiger partial charge in [-0.15, -0.1) is 0 Å². The van der Waals surface area contributed by atoms with Crippen molar-refractivity contribution in [3.8, 4) is 0 Å². The molecule has 232 valence electrons. The Labute approximate surface area is 244 Å². The summed E-state index contributed by atoms with van der Waals surface area (Å²) in [4.78, 5) is 22.3. The van der Waals surface area contributed by atoms with Crippen LogP contribution in [0.15, 0.2) is 0 Å². The molecule has 4 saturated carbocycles. The number of nitrogens with zero attached hydrogens (tertiary/aromatic N) is 2. The Morgan fingerprint density at radius 3 is 2.45 bits per heavy atom. The van der Waals surface area contributed by atoms with Crippen LogP contribution >= 0.6 is 0 Å². The van der Waals surface area contributed by atoms with E-state index in [2.05, 4.69) is 45.1 Å². The third-order valence-electron chi connectivity index (χ3n) is 11.7. The lowest BCUT2D eigenvalue weighted by atomic mass is 9.45. The van der Waals surface area contributed by atoms with Gasteiger partial charge in [0.2, 0.25) is 5.91 Å². The van der Waals surface area contributed by atoms with E-state index in [0.717, 1.165) is 37.6 Å². The second kappa shape index (κ2) is 14.2. The van der Waals surface area contributed by atoms with Gasteiger partial charge >= 0.3 is 0 Å². The lowest BCUT2D eigenvalue weighted by Gasteiger charge is -2.62. The Kier molecular flexibility index (Phi) is 11.4. The number of hydrogen-bond acceptors (Lipinski definition) is 6. The highest BCUT2D eigenvalue weighted by atomic mass is 16.7. The monoisotopic (exact) mass is 563 g/mol. The molecule has 7 nitrogen and oxygen atoms in total. The second-order valence-electron chi connectivity index (χ2n) is 15.0. The van der Waals surface area contributed by atoms with Crippen LogP contribution in [0.25, 0.3) is 0 Å². The number of aliphatic hydroxyl groups is 2. The van der Waals surface area contributed by atoms with Crippen LogP contribution < -0.4 is 5.32 Å². The quantitative estimate of drug-likeness (QED) is 0.262. The third-order valence-corrected chi connectivity index (χ3v) is 11.7. The third kappa shape index (κ3) is 7.42. The van der Waals surface area contributed by atoms with Crippen LogP contribution in [-0.2, 0) is 9.63 Å². The summed E-state index contributed by atoms with van der Waals surface area (Å²) in [5.74, 6) is 2.94. The number of nitrogens with one attached hydrogen (secondary N) is 1. The van der Waals surface area contributed by atoms with Gasteiger partial charge in [-0.3, -0.25) is 9.63 Å². The SMILES string of the molecule is C[C@@H]1[C@@H](NC(=O)[C@@H]2[C@H]([C@H](C)O)[C@H](CO)ON2CCCCC(CCN(C)C)CC2CCCCC2)C[C@@H]2C[C@H]1C2(C)C. The Bertz CT molecular complexity index is 799. The van der Waals surface area contributed by atoms with Crippen molar-refractivity contribution in [3.05, 3.63) is 0 Å². The summed E-state index contributed by atoms with van der Waals surface area (Å²) in [5, 5.41) is 25.9. The molecule has 0 aromatic heterocycles. The summed E-state index contributed by atoms with van der Waals surface area (Å²) in [5.41, 5.74) is 0.370. The number of aliphatic hydroxyl groups excluding tert-OH is 2. The van der Waals surface area contributed by atoms with E-state index in [0.29, 0.717) is 29.7 Å². The number of hydrogen-bond donors (Lipinski definition) is 3. The lowest BCUT2D eigenvalue weighted by molar-refractivity contribution is -0.178. The van der Waals surface area contributed by atoms with Gasteiger partial charge in [0, 0.05) is 18.5 Å². The minimum absolute atomic E-state index is 0.0426. The first-order valence-electron chi connectivity index (χ1n) is 16.7. The van der Waals surface area contributed by atoms with E-state index in [1.54, 1.807) is 6.92 Å². The molecule has 0 aromatic rings. The van der Waals surface area contributed by atoms with Gasteiger partial charge in [-0.05, 0) is 94.7 Å². The lowest BCUT2D eigenvalue weighted by Crippen LogP contribution is -2.62. The average molecular weight is 564 g/mol. The number of hydroxylamine groups is 2. The largest absolute Gasteiger partial charge is 0.394 e. The normalized spacial score (nSPS) is 35.9. The van der Waals surface area contributed by atoms with Gasteiger partial charge in [0.25, 0.3) is 0 Å². The fraction of sp³-hybridized carbons (Fsp3) is 0.970. The molecule has 40 heavy (non-hydrogen) atoms. The van der Waals surface area contributed by atoms with E-state index in [-0.39, 0.29) is 18.6 Å². The highest BCUT2D eigenvalue weighted by Crippen LogP contribution is 2.61. The van der Waals surface area contributed by atoms with Gasteiger partial charge < -0.3 is 20.4 Å². The summed E-state index contributed by atoms with van der Waals surface area (Å²) in [6.07, 6.45) is 13.9. The minimum Gasteiger partial charge on any atom is -0.394 e. The van der Waals surface area contributed by atoms with Crippen LogP contribution in [0.5, 0.6) is 0 Å². The van der Waals surface area contributed by atoms with E-state index in [1.165, 1.54) is 57.8 Å². The van der Waals surface area contributed by atoms with Crippen LogP contribution in [0.2, 0.25) is 0 Å². The van der Waals surface area contributed by atoms with E-state index in [9.17, 15) is 15.0 Å². The summed E-state index contributed by atoms with van der Waals surface area (Å²) in [6, 6.07) is -0.395. The Hall–Kier alpha value is -0.730. The molecule has 1 heterocycles. The zero-order valence-electron chi connectivity index (χ0n) is 26.5. The highest BCUT2D eigenvalue weighted by molar-refractivity contribution is 5.82. The van der Waals surface area contributed by atoms with Crippen molar-refractivity contribution in [2.45, 2.75) is 129 Å². The van der Waals surface area contributed by atoms with Crippen LogP contribution in [0.4, 0.5) is 0 Å². The van der Waals surface area contributed by atoms with Crippen molar-refractivity contribution in [1.82, 2.24) is 15.3 Å². The van der Waals surface area contributed by atoms with Gasteiger partial charge in [-0.1, -0.05) is 65.7 Å². The van der Waals surface area contributed by atoms with Gasteiger partial charge in [0.15, 0.2) is 0 Å². The number of fused-ring (bicyclic) bond motifs is 2. The Morgan fingerprint density at radius 2 is 1.85 bits per heavy atom. The van der Waals surface area contributed by atoms with Gasteiger partial charge in [-0.25, -0.2) is 0 Å². The van der Waals surface area contributed by atoms with Crippen molar-refractivity contribution in [2.24, 2.45) is 40.9 Å². The summed E-state index contributed by atoms with van der Waals surface area (Å²) in [7, 11) is 4.34. The first-order chi connectivity index (χ1) is 19.0. The van der Waals surface area contributed by atoms with E-state index in [1.807, 2.05) is 5.06 Å². The van der Waals surface area contributed by atoms with Crippen LogP contribution in [0.3, 0.4) is 0 Å². The predicted octanol–water partition coefficient (Wildman–Crippen LogP) is 4.86. The van der Waals surface area contributed by atoms with Crippen molar-refractivity contribution < 1.29 is 19.8 Å². The molecule has 1 unspecified atom stereocenters. The molecule has 0 radical (unpaired) electrons. The molecule has 5 aliphatic rings. The Balaban J connectivity index is 1.33. The maximum atomic E-state index is 13.8. The van der Waals surface area contributed by atoms with Crippen LogP contribution in [0.1, 0.15) is 105 Å². The number of unbranched alkanes of at least 4 members (excludes halogenated alkanes) is 1. The smallest absolute Gasteiger partial charge is 0.240 e. The molecule has 0 aromatic carbocycles. The molecule has 9 atom stereocenters. The van der Waals surface area contributed by atoms with E-state index < -0.39 is 24.2 Å². The standard InChI is InChI=1S/C33H61N3O4/c1-22-27-19-26(33(27,3)4)20-28(22)34-32(39)31-30(23(2)38)29(21-37)40-36(31)16-11-10-14-25(15-17-35(5)6)18-24-12-8-7-9-13-24/h22-31,37-38H,7-21H2,1-6H3,(H,34,39)/t22-,23-,25?,26-,27+,28-,29-,30+,31-/m0/s1. The average Bonchev–Trinajstić information content (AvgIpc) is 3.30. The Morgan fingerprint density at radius 1 is 1.12 bits per heavy atom. The molecule has 5 rings (SSSR count). The van der Waals surface area contributed by atoms with Crippen molar-refractivity contribution >= 4 is 5.91 Å². The van der Waals surface area contributed by atoms with Crippen molar-refractivity contribution in [3.63, 3.8) is 0 Å². The molecule has 4 aliphatic carbocycles. The fourth-order valence-electron chi connectivity index (χ4n) is 8.96. The van der Waals surface area contributed by atoms with Gasteiger partial charge in [0.1, 0.15) is 12.1 Å². The molecule has 3 N–H and O–H groups in total. The number of carbonyl (C=O) groups is 1. The van der Waals surface area contributed by atoms with Crippen LogP contribution in [-0.4, -0.2) is 84.2 Å². The highest BCUT2D eigenvalue weighted by Gasteiger charge is 2.57. The molecular weight excluding hydrogens is 502 g/mol. The van der Waals surface area contributed by atoms with Crippen LogP contribution in [0, 0.1) is 40.9 Å². The molecule has 0 spiro atoms. The molecule has 1 saturated heterocycles. The van der Waals surface area contributed by atoms with Crippen molar-refractivity contribution in [2.75, 3.05) is 33.8 Å². The predicted molar refractivity (Wildman–Crippen MR) is 160 cm³/mol. The molecule has 1 amide bonds. The molecule has 1 aliphatic heterocycles. The van der Waals surface area contributed by atoms with Crippen molar-refractivity contribution in [1.29, 1.82) is 0 Å². The zero-order valence-corrected chi connectivity index (χ0v) is 26.5. The number of amides is 1. The molecular formula is C33H61N3O4. The number of rotatable bonds is 14. The first-order valence-corrected chi connectivity index (χ1v) is 16.7. The molecule has 7 heteroatoms. The second-order valence-corrected chi connectivity index (χ2v) is 15.0. The summed E-state index contributed by atoms with van der Waals surface area (Å²) >= 11 is 0. The topological polar surface area (TPSA) is 85.3 Å². The molecule has 5 fully saturated rings. The summed E-state index contributed by atoms with van der Waals surface area (Å²) < 4.78 is 0. The maximum absolute atomic E-state index is 13.8. The zero-order chi connectivity index (χ0) is 29.0. The number of carbonyl (C=O) groups excluding carboxylic acids is 1. The van der Waals surface area contributed by atoms with Gasteiger partial charge in [0.05, 0.1) is 12.7 Å². The fourth-order valence-corrected chi connectivity index (χ4v) is 8.96. The first kappa shape index (κ1) is 32.2. The maximum Gasteiger partial charge on any atom is 0.240 e. The molecule has 2 bridgehead atoms. The summed E-state index contributed by atoms with van der Waals surface area (Å²) in [6.45, 7) is 10.4.